The van der Waals surface area contributed by atoms with Gasteiger partial charge in [-0.3, -0.25) is 0 Å². The maximum absolute atomic E-state index is 10.6. The number of hydrogen-bond donors (Lipinski definition) is 0. The Bertz CT molecular complexity index is 511. The van der Waals surface area contributed by atoms with Crippen molar-refractivity contribution in [3.05, 3.63) is 35.6 Å². The van der Waals surface area contributed by atoms with Crippen LogP contribution in [-0.2, 0) is 17.6 Å². The second-order valence-corrected chi connectivity index (χ2v) is 3.89. The Hall–Kier alpha value is -1.77. The lowest BCUT2D eigenvalue weighted by atomic mass is 10.0. The van der Waals surface area contributed by atoms with Gasteiger partial charge in [0.1, 0.15) is 5.58 Å². The molecule has 2 aromatic rings. The van der Waals surface area contributed by atoms with Crippen molar-refractivity contribution in [3.8, 4) is 0 Å². The van der Waals surface area contributed by atoms with Gasteiger partial charge in [0.05, 0.1) is 6.26 Å². The Balaban J connectivity index is 2.42. The molecule has 0 aliphatic rings. The second-order valence-electron chi connectivity index (χ2n) is 3.89. The third-order valence-corrected chi connectivity index (χ3v) is 2.59. The lowest BCUT2D eigenvalue weighted by Crippen LogP contribution is -2.24. The number of carbonyl (C=O) groups is 1. The van der Waals surface area contributed by atoms with Crippen molar-refractivity contribution in [2.24, 2.45) is 0 Å². The highest BCUT2D eigenvalue weighted by molar-refractivity contribution is 5.85. The predicted octanol–water partition coefficient (Wildman–Crippen LogP) is 1.68. The minimum Gasteiger partial charge on any atom is -0.550 e. The standard InChI is InChI=1S/C13H14O3/c1-2-3-9-4-5-12-11(6-9)10(8-16-12)7-13(14)15/h4-6,8H,2-3,7H2,1H3,(H,14,15)/p-1. The van der Waals surface area contributed by atoms with Crippen LogP contribution in [0.25, 0.3) is 11.0 Å². The fraction of sp³-hybridized carbons (Fsp3) is 0.308. The van der Waals surface area contributed by atoms with E-state index in [1.54, 1.807) is 0 Å². The molecule has 0 fully saturated rings. The fourth-order valence-corrected chi connectivity index (χ4v) is 1.87. The Kier molecular flexibility index (Phi) is 2.95. The van der Waals surface area contributed by atoms with Gasteiger partial charge in [-0.15, -0.1) is 0 Å². The zero-order valence-electron chi connectivity index (χ0n) is 9.16. The van der Waals surface area contributed by atoms with E-state index in [2.05, 4.69) is 6.92 Å². The lowest BCUT2D eigenvalue weighted by Gasteiger charge is -2.01. The van der Waals surface area contributed by atoms with Gasteiger partial charge >= 0.3 is 0 Å². The Morgan fingerprint density at radius 3 is 2.94 bits per heavy atom. The summed E-state index contributed by atoms with van der Waals surface area (Å²) in [6.07, 6.45) is 3.46. The molecule has 0 spiro atoms. The van der Waals surface area contributed by atoms with Crippen LogP contribution in [-0.4, -0.2) is 5.97 Å². The molecule has 84 valence electrons. The van der Waals surface area contributed by atoms with Crippen LogP contribution in [0.3, 0.4) is 0 Å². The number of hydrogen-bond acceptors (Lipinski definition) is 3. The first-order valence-corrected chi connectivity index (χ1v) is 5.39. The molecule has 1 aromatic carbocycles. The minimum atomic E-state index is -1.08. The highest BCUT2D eigenvalue weighted by Gasteiger charge is 2.06. The zero-order chi connectivity index (χ0) is 11.5. The smallest absolute Gasteiger partial charge is 0.134 e. The van der Waals surface area contributed by atoms with Crippen molar-refractivity contribution in [2.45, 2.75) is 26.2 Å². The molecule has 0 bridgehead atoms. The average Bonchev–Trinajstić information content (AvgIpc) is 2.61. The number of rotatable bonds is 4. The molecule has 1 heterocycles. The van der Waals surface area contributed by atoms with Gasteiger partial charge < -0.3 is 14.3 Å². The summed E-state index contributed by atoms with van der Waals surface area (Å²) in [6, 6.07) is 5.90. The Labute approximate surface area is 93.7 Å². The van der Waals surface area contributed by atoms with Crippen molar-refractivity contribution in [3.63, 3.8) is 0 Å². The molecule has 3 heteroatoms. The molecule has 0 radical (unpaired) electrons. The van der Waals surface area contributed by atoms with Crippen LogP contribution in [0, 0.1) is 0 Å². The summed E-state index contributed by atoms with van der Waals surface area (Å²) in [6.45, 7) is 2.11. The van der Waals surface area contributed by atoms with Crippen LogP contribution in [0.15, 0.2) is 28.9 Å². The van der Waals surface area contributed by atoms with E-state index >= 15 is 0 Å². The number of carboxylic acid groups (broad SMARTS) is 1. The quantitative estimate of drug-likeness (QED) is 0.782. The number of carboxylic acids is 1. The van der Waals surface area contributed by atoms with Crippen LogP contribution >= 0.6 is 0 Å². The van der Waals surface area contributed by atoms with Gasteiger partial charge in [-0.2, -0.15) is 0 Å². The summed E-state index contributed by atoms with van der Waals surface area (Å²) >= 11 is 0. The summed E-state index contributed by atoms with van der Waals surface area (Å²) in [5.74, 6) is -1.08. The number of aliphatic carboxylic acids is 1. The van der Waals surface area contributed by atoms with E-state index in [4.69, 9.17) is 4.42 Å². The van der Waals surface area contributed by atoms with Crippen molar-refractivity contribution < 1.29 is 14.3 Å². The Morgan fingerprint density at radius 1 is 1.44 bits per heavy atom. The minimum absolute atomic E-state index is 0.0947. The van der Waals surface area contributed by atoms with E-state index in [1.807, 2.05) is 18.2 Å². The largest absolute Gasteiger partial charge is 0.550 e. The number of furan rings is 1. The molecular formula is C13H13O3-. The van der Waals surface area contributed by atoms with Gasteiger partial charge in [0.15, 0.2) is 0 Å². The molecule has 0 N–H and O–H groups in total. The number of aryl methyl sites for hydroxylation is 1. The van der Waals surface area contributed by atoms with Crippen LogP contribution in [0.1, 0.15) is 24.5 Å². The SMILES string of the molecule is CCCc1ccc2occ(CC(=O)[O-])c2c1. The van der Waals surface area contributed by atoms with E-state index in [1.165, 1.54) is 11.8 Å². The van der Waals surface area contributed by atoms with Gasteiger partial charge in [0, 0.05) is 23.3 Å². The summed E-state index contributed by atoms with van der Waals surface area (Å²) in [5.41, 5.74) is 2.63. The van der Waals surface area contributed by atoms with Crippen molar-refractivity contribution in [2.75, 3.05) is 0 Å². The van der Waals surface area contributed by atoms with Gasteiger partial charge in [-0.25, -0.2) is 0 Å². The summed E-state index contributed by atoms with van der Waals surface area (Å²) in [7, 11) is 0. The van der Waals surface area contributed by atoms with Crippen LogP contribution in [0.2, 0.25) is 0 Å². The molecule has 0 atom stereocenters. The van der Waals surface area contributed by atoms with Gasteiger partial charge in [-0.05, 0) is 24.1 Å². The van der Waals surface area contributed by atoms with E-state index in [9.17, 15) is 9.90 Å². The molecule has 0 saturated carbocycles. The Morgan fingerprint density at radius 2 is 2.25 bits per heavy atom. The topological polar surface area (TPSA) is 53.3 Å². The third-order valence-electron chi connectivity index (χ3n) is 2.59. The fourth-order valence-electron chi connectivity index (χ4n) is 1.87. The van der Waals surface area contributed by atoms with Crippen LogP contribution in [0.4, 0.5) is 0 Å². The van der Waals surface area contributed by atoms with E-state index < -0.39 is 5.97 Å². The van der Waals surface area contributed by atoms with E-state index in [-0.39, 0.29) is 6.42 Å². The molecule has 0 unspecified atom stereocenters. The molecule has 0 aliphatic heterocycles. The average molecular weight is 217 g/mol. The van der Waals surface area contributed by atoms with Crippen molar-refractivity contribution in [1.82, 2.24) is 0 Å². The molecule has 0 amide bonds. The molecule has 2 rings (SSSR count). The third kappa shape index (κ3) is 2.08. The first kappa shape index (κ1) is 10.7. The predicted molar refractivity (Wildman–Crippen MR) is 58.9 cm³/mol. The highest BCUT2D eigenvalue weighted by atomic mass is 16.4. The van der Waals surface area contributed by atoms with Crippen molar-refractivity contribution >= 4 is 16.9 Å². The van der Waals surface area contributed by atoms with E-state index in [0.717, 1.165) is 23.8 Å². The summed E-state index contributed by atoms with van der Waals surface area (Å²) in [4.78, 5) is 10.6. The first-order chi connectivity index (χ1) is 7.70. The summed E-state index contributed by atoms with van der Waals surface area (Å²) < 4.78 is 5.29. The summed E-state index contributed by atoms with van der Waals surface area (Å²) in [5, 5.41) is 11.5. The second kappa shape index (κ2) is 4.39. The molecular weight excluding hydrogens is 204 g/mol. The van der Waals surface area contributed by atoms with Gasteiger partial charge in [0.2, 0.25) is 0 Å². The normalized spacial score (nSPS) is 10.8. The molecule has 0 aliphatic carbocycles. The zero-order valence-corrected chi connectivity index (χ0v) is 9.16. The van der Waals surface area contributed by atoms with Crippen LogP contribution < -0.4 is 5.11 Å². The number of benzene rings is 1. The first-order valence-electron chi connectivity index (χ1n) is 5.39. The van der Waals surface area contributed by atoms with Gasteiger partial charge in [0.25, 0.3) is 0 Å². The number of fused-ring (bicyclic) bond motifs is 1. The maximum Gasteiger partial charge on any atom is 0.134 e. The van der Waals surface area contributed by atoms with Gasteiger partial charge in [-0.1, -0.05) is 19.4 Å². The molecule has 16 heavy (non-hydrogen) atoms. The monoisotopic (exact) mass is 217 g/mol. The lowest BCUT2D eigenvalue weighted by molar-refractivity contribution is -0.304. The van der Waals surface area contributed by atoms with Crippen molar-refractivity contribution in [1.29, 1.82) is 0 Å². The molecule has 3 nitrogen and oxygen atoms in total. The maximum atomic E-state index is 10.6. The van der Waals surface area contributed by atoms with E-state index in [0.29, 0.717) is 5.56 Å². The highest BCUT2D eigenvalue weighted by Crippen LogP contribution is 2.23. The van der Waals surface area contributed by atoms with Crippen LogP contribution in [0.5, 0.6) is 0 Å². The molecule has 1 aromatic heterocycles. The number of carbonyl (C=O) groups excluding carboxylic acids is 1. The molecule has 0 saturated heterocycles.